The summed E-state index contributed by atoms with van der Waals surface area (Å²) in [6, 6.07) is 14.4. The Morgan fingerprint density at radius 2 is 1.88 bits per heavy atom. The van der Waals surface area contributed by atoms with Gasteiger partial charge in [-0.2, -0.15) is 0 Å². The highest BCUT2D eigenvalue weighted by Crippen LogP contribution is 2.26. The Bertz CT molecular complexity index is 882. The first-order valence-electron chi connectivity index (χ1n) is 7.43. The summed E-state index contributed by atoms with van der Waals surface area (Å²) in [4.78, 5) is 16.7. The molecule has 0 saturated heterocycles. The maximum Gasteiger partial charge on any atom is 0.237 e. The molecule has 1 amide bonds. The van der Waals surface area contributed by atoms with Gasteiger partial charge in [-0.05, 0) is 43.3 Å². The molecule has 1 unspecified atom stereocenters. The van der Waals surface area contributed by atoms with Crippen LogP contribution in [0.3, 0.4) is 0 Å². The molecule has 1 heterocycles. The number of carbonyl (C=O) groups excluding carboxylic acids is 1. The number of rotatable bonds is 5. The Kier molecular flexibility index (Phi) is 5.63. The number of hydrogen-bond acceptors (Lipinski definition) is 4. The molecule has 2 aromatic carbocycles. The van der Waals surface area contributed by atoms with E-state index in [1.54, 1.807) is 31.2 Å². The predicted octanol–water partition coefficient (Wildman–Crippen LogP) is 4.90. The van der Waals surface area contributed by atoms with Gasteiger partial charge in [-0.3, -0.25) is 9.89 Å². The van der Waals surface area contributed by atoms with Crippen LogP contribution in [-0.4, -0.2) is 26.3 Å². The van der Waals surface area contributed by atoms with Gasteiger partial charge in [-0.15, -0.1) is 5.10 Å². The number of hydrogen-bond donors (Lipinski definition) is 2. The fraction of sp³-hybridized carbons (Fsp3) is 0.118. The largest absolute Gasteiger partial charge is 0.324 e. The third kappa shape index (κ3) is 4.54. The molecule has 0 aliphatic rings. The van der Waals surface area contributed by atoms with Crippen LogP contribution in [0.15, 0.2) is 53.7 Å². The van der Waals surface area contributed by atoms with Crippen molar-refractivity contribution in [3.05, 3.63) is 58.6 Å². The number of aromatic amines is 1. The second-order valence-electron chi connectivity index (χ2n) is 5.20. The molecular formula is C17H14Cl2N4OS. The van der Waals surface area contributed by atoms with Gasteiger partial charge in [0, 0.05) is 10.6 Å². The van der Waals surface area contributed by atoms with Gasteiger partial charge in [0.25, 0.3) is 0 Å². The van der Waals surface area contributed by atoms with Crippen molar-refractivity contribution in [3.8, 4) is 11.4 Å². The van der Waals surface area contributed by atoms with Gasteiger partial charge >= 0.3 is 0 Å². The number of nitrogens with zero attached hydrogens (tertiary/aromatic N) is 2. The molecule has 1 atom stereocenters. The molecule has 128 valence electrons. The monoisotopic (exact) mass is 392 g/mol. The summed E-state index contributed by atoms with van der Waals surface area (Å²) in [5.41, 5.74) is 1.45. The topological polar surface area (TPSA) is 70.7 Å². The summed E-state index contributed by atoms with van der Waals surface area (Å²) in [5.74, 6) is 0.453. The van der Waals surface area contributed by atoms with Gasteiger partial charge in [0.15, 0.2) is 5.82 Å². The van der Waals surface area contributed by atoms with Crippen LogP contribution in [0.5, 0.6) is 0 Å². The van der Waals surface area contributed by atoms with E-state index in [2.05, 4.69) is 20.5 Å². The van der Waals surface area contributed by atoms with Gasteiger partial charge < -0.3 is 5.32 Å². The molecular weight excluding hydrogens is 379 g/mol. The number of amides is 1. The van der Waals surface area contributed by atoms with Crippen LogP contribution in [-0.2, 0) is 4.79 Å². The molecule has 25 heavy (non-hydrogen) atoms. The molecule has 0 aliphatic heterocycles. The molecule has 0 saturated carbocycles. The minimum Gasteiger partial charge on any atom is -0.324 e. The highest BCUT2D eigenvalue weighted by atomic mass is 35.5. The van der Waals surface area contributed by atoms with Gasteiger partial charge in [0.05, 0.1) is 16.0 Å². The summed E-state index contributed by atoms with van der Waals surface area (Å²) in [6.45, 7) is 1.79. The summed E-state index contributed by atoms with van der Waals surface area (Å²) in [6.07, 6.45) is 0. The molecule has 2 N–H and O–H groups in total. The van der Waals surface area contributed by atoms with Gasteiger partial charge in [0.2, 0.25) is 11.1 Å². The highest BCUT2D eigenvalue weighted by molar-refractivity contribution is 8.00. The molecule has 0 radical (unpaired) electrons. The van der Waals surface area contributed by atoms with Crippen LogP contribution < -0.4 is 5.32 Å². The molecule has 3 rings (SSSR count). The zero-order valence-electron chi connectivity index (χ0n) is 13.2. The maximum absolute atomic E-state index is 12.3. The number of nitrogens with one attached hydrogen (secondary N) is 2. The number of halogens is 2. The van der Waals surface area contributed by atoms with Crippen molar-refractivity contribution < 1.29 is 4.79 Å². The average molecular weight is 393 g/mol. The van der Waals surface area contributed by atoms with E-state index in [0.717, 1.165) is 5.56 Å². The number of anilines is 1. The Labute approximate surface area is 159 Å². The lowest BCUT2D eigenvalue weighted by Crippen LogP contribution is -2.22. The normalized spacial score (nSPS) is 12.0. The van der Waals surface area contributed by atoms with Crippen LogP contribution in [0.4, 0.5) is 5.69 Å². The smallest absolute Gasteiger partial charge is 0.237 e. The van der Waals surface area contributed by atoms with Crippen molar-refractivity contribution in [1.82, 2.24) is 15.2 Å². The molecule has 0 fully saturated rings. The fourth-order valence-electron chi connectivity index (χ4n) is 2.04. The average Bonchev–Trinajstić information content (AvgIpc) is 3.06. The molecule has 8 heteroatoms. The van der Waals surface area contributed by atoms with Crippen molar-refractivity contribution in [1.29, 1.82) is 0 Å². The van der Waals surface area contributed by atoms with Crippen LogP contribution in [0, 0.1) is 0 Å². The Balaban J connectivity index is 1.65. The van der Waals surface area contributed by atoms with Crippen LogP contribution in [0.1, 0.15) is 6.92 Å². The third-order valence-corrected chi connectivity index (χ3v) is 4.91. The first-order valence-corrected chi connectivity index (χ1v) is 9.07. The summed E-state index contributed by atoms with van der Waals surface area (Å²) in [5, 5.41) is 11.1. The Morgan fingerprint density at radius 3 is 2.60 bits per heavy atom. The van der Waals surface area contributed by atoms with E-state index >= 15 is 0 Å². The van der Waals surface area contributed by atoms with Crippen LogP contribution in [0.25, 0.3) is 11.4 Å². The molecule has 1 aromatic heterocycles. The second-order valence-corrected chi connectivity index (χ2v) is 7.35. The van der Waals surface area contributed by atoms with Crippen molar-refractivity contribution >= 4 is 46.6 Å². The number of thioether (sulfide) groups is 1. The molecule has 0 spiro atoms. The lowest BCUT2D eigenvalue weighted by Gasteiger charge is -2.11. The minimum atomic E-state index is -0.384. The van der Waals surface area contributed by atoms with E-state index < -0.39 is 0 Å². The summed E-state index contributed by atoms with van der Waals surface area (Å²) >= 11 is 13.2. The van der Waals surface area contributed by atoms with E-state index in [9.17, 15) is 4.79 Å². The Morgan fingerprint density at radius 1 is 1.16 bits per heavy atom. The van der Waals surface area contributed by atoms with Crippen molar-refractivity contribution in [3.63, 3.8) is 0 Å². The van der Waals surface area contributed by atoms with Gasteiger partial charge in [-0.25, -0.2) is 4.98 Å². The zero-order valence-corrected chi connectivity index (χ0v) is 15.5. The minimum absolute atomic E-state index is 0.170. The van der Waals surface area contributed by atoms with E-state index in [1.807, 2.05) is 24.3 Å². The quantitative estimate of drug-likeness (QED) is 0.605. The van der Waals surface area contributed by atoms with Gasteiger partial charge in [0.1, 0.15) is 0 Å². The number of para-hydroxylation sites is 1. The zero-order chi connectivity index (χ0) is 17.8. The number of carbonyl (C=O) groups is 1. The van der Waals surface area contributed by atoms with E-state index in [4.69, 9.17) is 23.2 Å². The second kappa shape index (κ2) is 7.91. The predicted molar refractivity (Wildman–Crippen MR) is 102 cm³/mol. The van der Waals surface area contributed by atoms with E-state index in [0.29, 0.717) is 26.7 Å². The van der Waals surface area contributed by atoms with E-state index in [-0.39, 0.29) is 11.2 Å². The van der Waals surface area contributed by atoms with Crippen LogP contribution in [0.2, 0.25) is 10.0 Å². The summed E-state index contributed by atoms with van der Waals surface area (Å²) < 4.78 is 0. The molecule has 0 bridgehead atoms. The SMILES string of the molecule is CC(Sc1n[nH]c(-c2ccc(Cl)cc2)n1)C(=O)Nc1ccccc1Cl. The number of benzene rings is 2. The van der Waals surface area contributed by atoms with Crippen LogP contribution >= 0.6 is 35.0 Å². The first-order chi connectivity index (χ1) is 12.0. The van der Waals surface area contributed by atoms with Gasteiger partial charge in [-0.1, -0.05) is 47.1 Å². The van der Waals surface area contributed by atoms with Crippen molar-refractivity contribution in [2.24, 2.45) is 0 Å². The Hall–Kier alpha value is -2.02. The summed E-state index contributed by atoms with van der Waals surface area (Å²) in [7, 11) is 0. The van der Waals surface area contributed by atoms with E-state index in [1.165, 1.54) is 11.8 Å². The first kappa shape index (κ1) is 17.8. The molecule has 0 aliphatic carbocycles. The maximum atomic E-state index is 12.3. The fourth-order valence-corrected chi connectivity index (χ4v) is 3.08. The standard InChI is InChI=1S/C17H14Cl2N4OS/c1-10(16(24)20-14-5-3-2-4-13(14)19)25-17-21-15(22-23-17)11-6-8-12(18)9-7-11/h2-10H,1H3,(H,20,24)(H,21,22,23). The highest BCUT2D eigenvalue weighted by Gasteiger charge is 2.18. The molecule has 3 aromatic rings. The number of H-pyrrole nitrogens is 1. The third-order valence-electron chi connectivity index (χ3n) is 3.37. The lowest BCUT2D eigenvalue weighted by atomic mass is 10.2. The lowest BCUT2D eigenvalue weighted by molar-refractivity contribution is -0.115. The molecule has 5 nitrogen and oxygen atoms in total. The van der Waals surface area contributed by atoms with Crippen molar-refractivity contribution in [2.45, 2.75) is 17.3 Å². The van der Waals surface area contributed by atoms with Crippen molar-refractivity contribution in [2.75, 3.05) is 5.32 Å². The number of aromatic nitrogens is 3.